The summed E-state index contributed by atoms with van der Waals surface area (Å²) in [5.41, 5.74) is 0. The van der Waals surface area contributed by atoms with Crippen LogP contribution in [0.3, 0.4) is 0 Å². The summed E-state index contributed by atoms with van der Waals surface area (Å²) in [4.78, 5) is 23.3. The molecule has 0 bridgehead atoms. The van der Waals surface area contributed by atoms with Crippen molar-refractivity contribution in [1.82, 2.24) is 4.90 Å². The minimum atomic E-state index is -0.855. The van der Waals surface area contributed by atoms with Gasteiger partial charge in [0.1, 0.15) is 6.04 Å². The first-order valence-corrected chi connectivity index (χ1v) is 5.19. The molecule has 78 valence electrons. The van der Waals surface area contributed by atoms with Crippen molar-refractivity contribution >= 4 is 12.4 Å². The smallest absolute Gasteiger partial charge is 0.326 e. The fourth-order valence-corrected chi connectivity index (χ4v) is 2.88. The Morgan fingerprint density at radius 2 is 2.07 bits per heavy atom. The Hall–Kier alpha value is -1.06. The fraction of sp³-hybridized carbons (Fsp3) is 0.800. The zero-order valence-corrected chi connectivity index (χ0v) is 8.06. The summed E-state index contributed by atoms with van der Waals surface area (Å²) in [7, 11) is 0. The lowest BCUT2D eigenvalue weighted by Crippen LogP contribution is -2.41. The van der Waals surface area contributed by atoms with Crippen molar-refractivity contribution in [3.05, 3.63) is 0 Å². The van der Waals surface area contributed by atoms with Crippen LogP contribution in [-0.2, 0) is 9.59 Å². The first-order chi connectivity index (χ1) is 6.74. The Balaban J connectivity index is 2.16. The second kappa shape index (κ2) is 3.59. The van der Waals surface area contributed by atoms with Gasteiger partial charge < -0.3 is 10.0 Å². The highest BCUT2D eigenvalue weighted by atomic mass is 16.4. The van der Waals surface area contributed by atoms with Gasteiger partial charge in [-0.15, -0.1) is 0 Å². The van der Waals surface area contributed by atoms with Gasteiger partial charge in [-0.1, -0.05) is 12.8 Å². The number of aliphatic carboxylic acids is 1. The maximum absolute atomic E-state index is 10.9. The van der Waals surface area contributed by atoms with Crippen LogP contribution in [0.25, 0.3) is 0 Å². The number of fused-ring (bicyclic) bond motifs is 1. The molecule has 1 aliphatic carbocycles. The summed E-state index contributed by atoms with van der Waals surface area (Å²) in [5, 5.41) is 8.96. The molecular formula is C10H15NO3. The average Bonchev–Trinajstić information content (AvgIpc) is 2.56. The number of hydrogen-bond donors (Lipinski definition) is 1. The number of nitrogens with zero attached hydrogens (tertiary/aromatic N) is 1. The molecule has 3 atom stereocenters. The number of rotatable bonds is 2. The lowest BCUT2D eigenvalue weighted by molar-refractivity contribution is -0.145. The number of carbonyl (C=O) groups excluding carboxylic acids is 1. The van der Waals surface area contributed by atoms with E-state index in [1.54, 1.807) is 0 Å². The van der Waals surface area contributed by atoms with Gasteiger partial charge in [0.05, 0.1) is 0 Å². The summed E-state index contributed by atoms with van der Waals surface area (Å²) < 4.78 is 0. The second-order valence-electron chi connectivity index (χ2n) is 4.25. The van der Waals surface area contributed by atoms with Gasteiger partial charge >= 0.3 is 5.97 Å². The molecule has 14 heavy (non-hydrogen) atoms. The number of carboxylic acid groups (broad SMARTS) is 1. The number of carboxylic acids is 1. The predicted octanol–water partition coefficient (Wildman–Crippen LogP) is 0.860. The zero-order valence-electron chi connectivity index (χ0n) is 8.06. The van der Waals surface area contributed by atoms with Gasteiger partial charge in [0.15, 0.2) is 0 Å². The molecule has 2 aliphatic rings. The van der Waals surface area contributed by atoms with Gasteiger partial charge in [0, 0.05) is 6.04 Å². The molecule has 0 aromatic rings. The third-order valence-corrected chi connectivity index (χ3v) is 3.54. The van der Waals surface area contributed by atoms with E-state index >= 15 is 0 Å². The third kappa shape index (κ3) is 1.38. The van der Waals surface area contributed by atoms with E-state index in [1.165, 1.54) is 11.3 Å². The molecule has 1 heterocycles. The Kier molecular flexibility index (Phi) is 2.44. The second-order valence-corrected chi connectivity index (χ2v) is 4.25. The predicted molar refractivity (Wildman–Crippen MR) is 49.7 cm³/mol. The molecule has 3 unspecified atom stereocenters. The molecule has 4 heteroatoms. The maximum Gasteiger partial charge on any atom is 0.326 e. The largest absolute Gasteiger partial charge is 0.480 e. The number of amides is 1. The maximum atomic E-state index is 10.9. The molecule has 1 saturated heterocycles. The standard InChI is InChI=1S/C10H15NO3/c12-6-11-8-4-2-1-3-7(8)5-9(11)10(13)14/h6-9H,1-5H2,(H,13,14). The van der Waals surface area contributed by atoms with Crippen LogP contribution in [-0.4, -0.2) is 34.5 Å². The van der Waals surface area contributed by atoms with Crippen molar-refractivity contribution < 1.29 is 14.7 Å². The lowest BCUT2D eigenvalue weighted by atomic mass is 9.85. The van der Waals surface area contributed by atoms with Gasteiger partial charge in [-0.2, -0.15) is 0 Å². The first kappa shape index (κ1) is 9.49. The van der Waals surface area contributed by atoms with Crippen molar-refractivity contribution in [1.29, 1.82) is 0 Å². The molecule has 4 nitrogen and oxygen atoms in total. The van der Waals surface area contributed by atoms with E-state index in [2.05, 4.69) is 0 Å². The molecule has 0 aromatic heterocycles. The molecular weight excluding hydrogens is 182 g/mol. The molecule has 0 aromatic carbocycles. The van der Waals surface area contributed by atoms with E-state index < -0.39 is 12.0 Å². The molecule has 2 rings (SSSR count). The van der Waals surface area contributed by atoms with Crippen LogP contribution in [0.2, 0.25) is 0 Å². The van der Waals surface area contributed by atoms with E-state index in [0.29, 0.717) is 12.3 Å². The van der Waals surface area contributed by atoms with Crippen LogP contribution in [0, 0.1) is 5.92 Å². The van der Waals surface area contributed by atoms with E-state index in [-0.39, 0.29) is 6.04 Å². The Labute approximate surface area is 82.9 Å². The van der Waals surface area contributed by atoms with Crippen molar-refractivity contribution in [2.75, 3.05) is 0 Å². The average molecular weight is 197 g/mol. The van der Waals surface area contributed by atoms with Crippen LogP contribution in [0.5, 0.6) is 0 Å². The number of likely N-dealkylation sites (tertiary alicyclic amines) is 1. The van der Waals surface area contributed by atoms with Gasteiger partial charge in [0.2, 0.25) is 6.41 Å². The van der Waals surface area contributed by atoms with Crippen LogP contribution < -0.4 is 0 Å². The van der Waals surface area contributed by atoms with E-state index in [4.69, 9.17) is 5.11 Å². The van der Waals surface area contributed by atoms with Crippen LogP contribution in [0.15, 0.2) is 0 Å². The number of carbonyl (C=O) groups is 2. The summed E-state index contributed by atoms with van der Waals surface area (Å²) in [6.45, 7) is 0. The van der Waals surface area contributed by atoms with Gasteiger partial charge in [-0.3, -0.25) is 4.79 Å². The Morgan fingerprint density at radius 3 is 2.71 bits per heavy atom. The van der Waals surface area contributed by atoms with E-state index in [9.17, 15) is 9.59 Å². The third-order valence-electron chi connectivity index (χ3n) is 3.54. The fourth-order valence-electron chi connectivity index (χ4n) is 2.88. The van der Waals surface area contributed by atoms with Gasteiger partial charge in [0.25, 0.3) is 0 Å². The normalized spacial score (nSPS) is 36.6. The molecule has 0 radical (unpaired) electrons. The zero-order chi connectivity index (χ0) is 10.1. The minimum absolute atomic E-state index is 0.197. The van der Waals surface area contributed by atoms with Crippen LogP contribution in [0.4, 0.5) is 0 Å². The van der Waals surface area contributed by atoms with Crippen molar-refractivity contribution in [3.8, 4) is 0 Å². The van der Waals surface area contributed by atoms with Crippen LogP contribution >= 0.6 is 0 Å². The Morgan fingerprint density at radius 1 is 1.36 bits per heavy atom. The first-order valence-electron chi connectivity index (χ1n) is 5.19. The van der Waals surface area contributed by atoms with Crippen LogP contribution in [0.1, 0.15) is 32.1 Å². The molecule has 1 saturated carbocycles. The minimum Gasteiger partial charge on any atom is -0.480 e. The Bertz CT molecular complexity index is 254. The summed E-state index contributed by atoms with van der Waals surface area (Å²) in [6, 6.07) is -0.372. The summed E-state index contributed by atoms with van der Waals surface area (Å²) >= 11 is 0. The summed E-state index contributed by atoms with van der Waals surface area (Å²) in [6.07, 6.45) is 5.73. The SMILES string of the molecule is O=CN1C(C(=O)O)CC2CCCCC21. The molecule has 1 aliphatic heterocycles. The lowest BCUT2D eigenvalue weighted by Gasteiger charge is -2.29. The van der Waals surface area contributed by atoms with Crippen molar-refractivity contribution in [2.24, 2.45) is 5.92 Å². The monoisotopic (exact) mass is 197 g/mol. The van der Waals surface area contributed by atoms with Crippen molar-refractivity contribution in [3.63, 3.8) is 0 Å². The highest BCUT2D eigenvalue weighted by Gasteiger charge is 2.44. The summed E-state index contributed by atoms with van der Waals surface area (Å²) in [5.74, 6) is -0.429. The van der Waals surface area contributed by atoms with E-state index in [1.807, 2.05) is 0 Å². The number of hydrogen-bond acceptors (Lipinski definition) is 2. The molecule has 1 amide bonds. The molecule has 1 N–H and O–H groups in total. The molecule has 2 fully saturated rings. The van der Waals surface area contributed by atoms with Gasteiger partial charge in [-0.05, 0) is 25.2 Å². The van der Waals surface area contributed by atoms with Crippen molar-refractivity contribution in [2.45, 2.75) is 44.2 Å². The molecule has 0 spiro atoms. The highest BCUT2D eigenvalue weighted by Crippen LogP contribution is 2.38. The topological polar surface area (TPSA) is 57.6 Å². The van der Waals surface area contributed by atoms with Gasteiger partial charge in [-0.25, -0.2) is 4.79 Å². The highest BCUT2D eigenvalue weighted by molar-refractivity contribution is 5.77. The quantitative estimate of drug-likeness (QED) is 0.668. The van der Waals surface area contributed by atoms with E-state index in [0.717, 1.165) is 25.7 Å².